The third kappa shape index (κ3) is 1.02. The van der Waals surface area contributed by atoms with Gasteiger partial charge in [-0.2, -0.15) is 0 Å². The average molecular weight is 188 g/mol. The molecule has 3 atom stereocenters. The SMILES string of the molecule is C=CC#CC1CC2CCC1(C)C2(C)C. The molecule has 0 N–H and O–H groups in total. The lowest BCUT2D eigenvalue weighted by molar-refractivity contribution is 0.127. The Hall–Kier alpha value is -0.700. The Morgan fingerprint density at radius 2 is 2.07 bits per heavy atom. The summed E-state index contributed by atoms with van der Waals surface area (Å²) in [6.45, 7) is 11.0. The second-order valence-corrected chi connectivity index (χ2v) is 5.66. The van der Waals surface area contributed by atoms with Gasteiger partial charge in [0.15, 0.2) is 0 Å². The summed E-state index contributed by atoms with van der Waals surface area (Å²) in [7, 11) is 0. The van der Waals surface area contributed by atoms with E-state index in [0.717, 1.165) is 5.92 Å². The Labute approximate surface area is 87.8 Å². The first-order chi connectivity index (χ1) is 6.52. The lowest BCUT2D eigenvalue weighted by Crippen LogP contribution is -2.31. The second-order valence-electron chi connectivity index (χ2n) is 5.66. The molecule has 2 bridgehead atoms. The molecule has 2 fully saturated rings. The van der Waals surface area contributed by atoms with Crippen LogP contribution in [0.25, 0.3) is 0 Å². The zero-order valence-corrected chi connectivity index (χ0v) is 9.56. The Kier molecular flexibility index (Phi) is 2.03. The summed E-state index contributed by atoms with van der Waals surface area (Å²) in [6, 6.07) is 0. The smallest absolute Gasteiger partial charge is 0.0268 e. The maximum absolute atomic E-state index is 3.67. The van der Waals surface area contributed by atoms with Crippen LogP contribution in [-0.2, 0) is 0 Å². The maximum Gasteiger partial charge on any atom is 0.0268 e. The van der Waals surface area contributed by atoms with E-state index in [4.69, 9.17) is 0 Å². The van der Waals surface area contributed by atoms with E-state index in [2.05, 4.69) is 39.2 Å². The molecular formula is C14H20. The van der Waals surface area contributed by atoms with E-state index in [1.807, 2.05) is 0 Å². The van der Waals surface area contributed by atoms with Crippen molar-refractivity contribution in [1.82, 2.24) is 0 Å². The molecule has 3 unspecified atom stereocenters. The molecule has 0 saturated heterocycles. The van der Waals surface area contributed by atoms with Gasteiger partial charge in [-0.05, 0) is 42.1 Å². The molecular weight excluding hydrogens is 168 g/mol. The van der Waals surface area contributed by atoms with Gasteiger partial charge in [0.1, 0.15) is 0 Å². The third-order valence-electron chi connectivity index (χ3n) is 5.15. The van der Waals surface area contributed by atoms with Crippen LogP contribution in [0.5, 0.6) is 0 Å². The van der Waals surface area contributed by atoms with Gasteiger partial charge in [-0.3, -0.25) is 0 Å². The molecule has 76 valence electrons. The highest BCUT2D eigenvalue weighted by Crippen LogP contribution is 2.67. The Morgan fingerprint density at radius 1 is 1.36 bits per heavy atom. The zero-order valence-electron chi connectivity index (χ0n) is 9.56. The summed E-state index contributed by atoms with van der Waals surface area (Å²) in [4.78, 5) is 0. The summed E-state index contributed by atoms with van der Waals surface area (Å²) < 4.78 is 0. The van der Waals surface area contributed by atoms with Crippen molar-refractivity contribution < 1.29 is 0 Å². The van der Waals surface area contributed by atoms with E-state index < -0.39 is 0 Å². The molecule has 0 amide bonds. The van der Waals surface area contributed by atoms with Crippen LogP contribution in [0.2, 0.25) is 0 Å². The largest absolute Gasteiger partial charge is 0.0945 e. The van der Waals surface area contributed by atoms with Gasteiger partial charge in [0.25, 0.3) is 0 Å². The van der Waals surface area contributed by atoms with E-state index in [9.17, 15) is 0 Å². The number of allylic oxidation sites excluding steroid dienone is 1. The minimum atomic E-state index is 0.452. The first kappa shape index (κ1) is 9.84. The van der Waals surface area contributed by atoms with Gasteiger partial charge in [-0.1, -0.05) is 39.2 Å². The molecule has 0 aromatic carbocycles. The molecule has 0 spiro atoms. The second kappa shape index (κ2) is 2.89. The first-order valence-electron chi connectivity index (χ1n) is 5.64. The van der Waals surface area contributed by atoms with Crippen LogP contribution < -0.4 is 0 Å². The first-order valence-corrected chi connectivity index (χ1v) is 5.64. The molecule has 0 aromatic heterocycles. The van der Waals surface area contributed by atoms with Crippen LogP contribution in [0, 0.1) is 34.5 Å². The molecule has 2 rings (SSSR count). The number of rotatable bonds is 0. The Morgan fingerprint density at radius 3 is 2.50 bits per heavy atom. The average Bonchev–Trinajstić information content (AvgIpc) is 2.46. The van der Waals surface area contributed by atoms with Crippen LogP contribution in [0.4, 0.5) is 0 Å². The van der Waals surface area contributed by atoms with E-state index in [-0.39, 0.29) is 0 Å². The highest BCUT2D eigenvalue weighted by Gasteiger charge is 2.60. The van der Waals surface area contributed by atoms with Crippen molar-refractivity contribution in [3.8, 4) is 11.8 Å². The molecule has 0 heteroatoms. The van der Waals surface area contributed by atoms with Gasteiger partial charge in [0.05, 0.1) is 0 Å². The van der Waals surface area contributed by atoms with Crippen LogP contribution in [0.15, 0.2) is 12.7 Å². The summed E-state index contributed by atoms with van der Waals surface area (Å²) in [5.74, 6) is 7.95. The lowest BCUT2D eigenvalue weighted by Gasteiger charge is -2.37. The van der Waals surface area contributed by atoms with Crippen LogP contribution in [-0.4, -0.2) is 0 Å². The van der Waals surface area contributed by atoms with Gasteiger partial charge in [0, 0.05) is 5.92 Å². The molecule has 2 aliphatic rings. The highest BCUT2D eigenvalue weighted by molar-refractivity contribution is 5.23. The fourth-order valence-electron chi connectivity index (χ4n) is 3.58. The summed E-state index contributed by atoms with van der Waals surface area (Å²) >= 11 is 0. The topological polar surface area (TPSA) is 0 Å². The fourth-order valence-corrected chi connectivity index (χ4v) is 3.58. The van der Waals surface area contributed by atoms with E-state index in [1.54, 1.807) is 6.08 Å². The molecule has 0 aromatic rings. The summed E-state index contributed by atoms with van der Waals surface area (Å²) in [5, 5.41) is 0. The zero-order chi connectivity index (χ0) is 10.4. The number of hydrogen-bond acceptors (Lipinski definition) is 0. The van der Waals surface area contributed by atoms with Crippen molar-refractivity contribution in [2.75, 3.05) is 0 Å². The summed E-state index contributed by atoms with van der Waals surface area (Å²) in [6.07, 6.45) is 5.81. The van der Waals surface area contributed by atoms with Gasteiger partial charge < -0.3 is 0 Å². The Balaban J connectivity index is 2.31. The molecule has 2 aliphatic carbocycles. The van der Waals surface area contributed by atoms with Gasteiger partial charge in [0.2, 0.25) is 0 Å². The quantitative estimate of drug-likeness (QED) is 0.509. The highest BCUT2D eigenvalue weighted by atomic mass is 14.6. The van der Waals surface area contributed by atoms with Crippen molar-refractivity contribution in [3.05, 3.63) is 12.7 Å². The predicted octanol–water partition coefficient (Wildman–Crippen LogP) is 3.64. The predicted molar refractivity (Wildman–Crippen MR) is 60.7 cm³/mol. The van der Waals surface area contributed by atoms with Gasteiger partial charge >= 0.3 is 0 Å². The van der Waals surface area contributed by atoms with Crippen LogP contribution >= 0.6 is 0 Å². The van der Waals surface area contributed by atoms with E-state index >= 15 is 0 Å². The maximum atomic E-state index is 3.67. The molecule has 0 radical (unpaired) electrons. The van der Waals surface area contributed by atoms with Crippen molar-refractivity contribution in [1.29, 1.82) is 0 Å². The Bertz CT molecular complexity index is 313. The minimum Gasteiger partial charge on any atom is -0.0945 e. The summed E-state index contributed by atoms with van der Waals surface area (Å²) in [5.41, 5.74) is 0.946. The standard InChI is InChI=1S/C14H20/c1-5-6-7-12-10-11-8-9-14(12,4)13(11,2)3/h5,11-12H,1,8-10H2,2-4H3. The molecule has 14 heavy (non-hydrogen) atoms. The molecule has 0 heterocycles. The van der Waals surface area contributed by atoms with Crippen molar-refractivity contribution >= 4 is 0 Å². The van der Waals surface area contributed by atoms with E-state index in [1.165, 1.54) is 19.3 Å². The van der Waals surface area contributed by atoms with Crippen molar-refractivity contribution in [3.63, 3.8) is 0 Å². The van der Waals surface area contributed by atoms with Crippen LogP contribution in [0.1, 0.15) is 40.0 Å². The normalized spacial score (nSPS) is 43.1. The minimum absolute atomic E-state index is 0.452. The molecule has 0 nitrogen and oxygen atoms in total. The fraction of sp³-hybridized carbons (Fsp3) is 0.714. The number of fused-ring (bicyclic) bond motifs is 2. The molecule has 0 aliphatic heterocycles. The third-order valence-corrected chi connectivity index (χ3v) is 5.15. The van der Waals surface area contributed by atoms with Crippen LogP contribution in [0.3, 0.4) is 0 Å². The van der Waals surface area contributed by atoms with Gasteiger partial charge in [-0.25, -0.2) is 0 Å². The number of hydrogen-bond donors (Lipinski definition) is 0. The van der Waals surface area contributed by atoms with Gasteiger partial charge in [-0.15, -0.1) is 0 Å². The molecule has 2 saturated carbocycles. The van der Waals surface area contributed by atoms with Crippen molar-refractivity contribution in [2.45, 2.75) is 40.0 Å². The van der Waals surface area contributed by atoms with E-state index in [0.29, 0.717) is 16.7 Å². The van der Waals surface area contributed by atoms with Crippen molar-refractivity contribution in [2.24, 2.45) is 22.7 Å². The monoisotopic (exact) mass is 188 g/mol. The lowest BCUT2D eigenvalue weighted by atomic mass is 9.67.